The molecule has 1 aliphatic rings. The predicted octanol–water partition coefficient (Wildman–Crippen LogP) is 2.80. The van der Waals surface area contributed by atoms with Gasteiger partial charge in [0, 0.05) is 10.5 Å². The van der Waals surface area contributed by atoms with Gasteiger partial charge in [0.1, 0.15) is 0 Å². The third-order valence-corrected chi connectivity index (χ3v) is 3.95. The molecule has 88 valence electrons. The van der Waals surface area contributed by atoms with Crippen molar-refractivity contribution in [2.75, 3.05) is 6.54 Å². The van der Waals surface area contributed by atoms with Gasteiger partial charge in [-0.15, -0.1) is 0 Å². The standard InChI is InChI=1S/C13H18BrNO/c1-13(16,9-10-5-4-8-15-10)11-6-2-3-7-12(11)14/h2-3,6-7,10,15-16H,4-5,8-9H2,1H3. The van der Waals surface area contributed by atoms with Crippen LogP contribution in [0.2, 0.25) is 0 Å². The minimum absolute atomic E-state index is 0.446. The maximum Gasteiger partial charge on any atom is 0.0894 e. The fourth-order valence-electron chi connectivity index (χ4n) is 2.42. The van der Waals surface area contributed by atoms with Crippen LogP contribution in [0, 0.1) is 0 Å². The van der Waals surface area contributed by atoms with E-state index in [4.69, 9.17) is 0 Å². The van der Waals surface area contributed by atoms with Crippen LogP contribution in [0.1, 0.15) is 31.7 Å². The number of halogens is 1. The van der Waals surface area contributed by atoms with Crippen molar-refractivity contribution in [1.82, 2.24) is 5.32 Å². The van der Waals surface area contributed by atoms with Crippen LogP contribution in [-0.2, 0) is 5.60 Å². The number of aliphatic hydroxyl groups is 1. The molecule has 2 nitrogen and oxygen atoms in total. The average molecular weight is 284 g/mol. The second-order valence-corrected chi connectivity index (χ2v) is 5.61. The van der Waals surface area contributed by atoms with Crippen molar-refractivity contribution in [2.24, 2.45) is 0 Å². The van der Waals surface area contributed by atoms with Crippen LogP contribution in [0.5, 0.6) is 0 Å². The molecule has 2 unspecified atom stereocenters. The smallest absolute Gasteiger partial charge is 0.0894 e. The number of hydrogen-bond acceptors (Lipinski definition) is 2. The summed E-state index contributed by atoms with van der Waals surface area (Å²) in [5, 5.41) is 14.0. The first-order valence-electron chi connectivity index (χ1n) is 5.80. The van der Waals surface area contributed by atoms with E-state index < -0.39 is 5.60 Å². The van der Waals surface area contributed by atoms with Gasteiger partial charge in [0.25, 0.3) is 0 Å². The fourth-order valence-corrected chi connectivity index (χ4v) is 3.13. The van der Waals surface area contributed by atoms with Crippen LogP contribution in [0.25, 0.3) is 0 Å². The molecule has 1 aromatic rings. The summed E-state index contributed by atoms with van der Waals surface area (Å²) in [5.41, 5.74) is 0.214. The van der Waals surface area contributed by atoms with Crippen molar-refractivity contribution in [3.63, 3.8) is 0 Å². The first-order chi connectivity index (χ1) is 7.59. The Hall–Kier alpha value is -0.380. The monoisotopic (exact) mass is 283 g/mol. The van der Waals surface area contributed by atoms with Gasteiger partial charge in [0.05, 0.1) is 5.60 Å². The van der Waals surface area contributed by atoms with Gasteiger partial charge in [-0.25, -0.2) is 0 Å². The molecule has 0 bridgehead atoms. The fraction of sp³-hybridized carbons (Fsp3) is 0.538. The molecule has 1 fully saturated rings. The van der Waals surface area contributed by atoms with Crippen LogP contribution < -0.4 is 5.32 Å². The first-order valence-corrected chi connectivity index (χ1v) is 6.60. The van der Waals surface area contributed by atoms with E-state index in [1.807, 2.05) is 31.2 Å². The molecule has 3 heteroatoms. The summed E-state index contributed by atoms with van der Waals surface area (Å²) < 4.78 is 0.984. The third kappa shape index (κ3) is 2.65. The van der Waals surface area contributed by atoms with E-state index in [-0.39, 0.29) is 0 Å². The Morgan fingerprint density at radius 3 is 2.88 bits per heavy atom. The molecule has 1 saturated heterocycles. The summed E-state index contributed by atoms with van der Waals surface area (Å²) in [5.74, 6) is 0. The van der Waals surface area contributed by atoms with Crippen molar-refractivity contribution in [1.29, 1.82) is 0 Å². The minimum atomic E-state index is -0.762. The summed E-state index contributed by atoms with van der Waals surface area (Å²) in [7, 11) is 0. The summed E-state index contributed by atoms with van der Waals surface area (Å²) in [6.45, 7) is 2.98. The molecule has 0 saturated carbocycles. The highest BCUT2D eigenvalue weighted by molar-refractivity contribution is 9.10. The summed E-state index contributed by atoms with van der Waals surface area (Å²) >= 11 is 3.50. The average Bonchev–Trinajstić information content (AvgIpc) is 2.70. The van der Waals surface area contributed by atoms with Gasteiger partial charge in [-0.2, -0.15) is 0 Å². The highest BCUT2D eigenvalue weighted by atomic mass is 79.9. The van der Waals surface area contributed by atoms with E-state index in [0.29, 0.717) is 6.04 Å². The maximum absolute atomic E-state index is 10.6. The topological polar surface area (TPSA) is 32.3 Å². The molecule has 0 aromatic heterocycles. The normalized spacial score (nSPS) is 24.3. The zero-order chi connectivity index (χ0) is 11.6. The van der Waals surface area contributed by atoms with Gasteiger partial charge in [-0.3, -0.25) is 0 Å². The third-order valence-electron chi connectivity index (χ3n) is 3.26. The van der Waals surface area contributed by atoms with Crippen molar-refractivity contribution in [3.05, 3.63) is 34.3 Å². The van der Waals surface area contributed by atoms with Crippen molar-refractivity contribution in [3.8, 4) is 0 Å². The summed E-state index contributed by atoms with van der Waals surface area (Å²) in [6, 6.07) is 8.35. The Labute approximate surface area is 105 Å². The molecule has 2 N–H and O–H groups in total. The SMILES string of the molecule is CC(O)(CC1CCCN1)c1ccccc1Br. The molecule has 1 aromatic carbocycles. The molecule has 1 heterocycles. The van der Waals surface area contributed by atoms with E-state index in [2.05, 4.69) is 21.2 Å². The van der Waals surface area contributed by atoms with Gasteiger partial charge in [0.2, 0.25) is 0 Å². The Morgan fingerprint density at radius 1 is 1.50 bits per heavy atom. The molecule has 16 heavy (non-hydrogen) atoms. The van der Waals surface area contributed by atoms with E-state index in [1.54, 1.807) is 0 Å². The zero-order valence-electron chi connectivity index (χ0n) is 9.54. The Morgan fingerprint density at radius 2 is 2.25 bits per heavy atom. The molecule has 0 radical (unpaired) electrons. The van der Waals surface area contributed by atoms with E-state index in [9.17, 15) is 5.11 Å². The summed E-state index contributed by atoms with van der Waals surface area (Å²) in [4.78, 5) is 0. The number of rotatable bonds is 3. The minimum Gasteiger partial charge on any atom is -0.385 e. The highest BCUT2D eigenvalue weighted by Gasteiger charge is 2.30. The second kappa shape index (κ2) is 4.86. The van der Waals surface area contributed by atoms with Crippen molar-refractivity contribution >= 4 is 15.9 Å². The quantitative estimate of drug-likeness (QED) is 0.894. The van der Waals surface area contributed by atoms with Gasteiger partial charge in [0.15, 0.2) is 0 Å². The molecular formula is C13H18BrNO. The van der Waals surface area contributed by atoms with Gasteiger partial charge < -0.3 is 10.4 Å². The molecule has 2 atom stereocenters. The lowest BCUT2D eigenvalue weighted by atomic mass is 9.88. The largest absolute Gasteiger partial charge is 0.385 e. The Balaban J connectivity index is 2.14. The van der Waals surface area contributed by atoms with E-state index in [0.717, 1.165) is 23.0 Å². The van der Waals surface area contributed by atoms with Gasteiger partial charge in [-0.05, 0) is 44.4 Å². The zero-order valence-corrected chi connectivity index (χ0v) is 11.1. The van der Waals surface area contributed by atoms with Crippen LogP contribution in [-0.4, -0.2) is 17.7 Å². The van der Waals surface area contributed by atoms with Crippen LogP contribution in [0.4, 0.5) is 0 Å². The number of benzene rings is 1. The number of hydrogen-bond donors (Lipinski definition) is 2. The second-order valence-electron chi connectivity index (χ2n) is 4.75. The summed E-state index contributed by atoms with van der Waals surface area (Å²) in [6.07, 6.45) is 3.16. The molecule has 2 rings (SSSR count). The number of nitrogens with one attached hydrogen (secondary N) is 1. The van der Waals surface area contributed by atoms with Crippen LogP contribution >= 0.6 is 15.9 Å². The van der Waals surface area contributed by atoms with Gasteiger partial charge in [-0.1, -0.05) is 34.1 Å². The van der Waals surface area contributed by atoms with Crippen LogP contribution in [0.3, 0.4) is 0 Å². The van der Waals surface area contributed by atoms with E-state index >= 15 is 0 Å². The van der Waals surface area contributed by atoms with Crippen molar-refractivity contribution < 1.29 is 5.11 Å². The molecule has 1 aliphatic heterocycles. The van der Waals surface area contributed by atoms with Crippen molar-refractivity contribution in [2.45, 2.75) is 37.8 Å². The highest BCUT2D eigenvalue weighted by Crippen LogP contribution is 2.33. The lowest BCUT2D eigenvalue weighted by Gasteiger charge is -2.28. The lowest BCUT2D eigenvalue weighted by molar-refractivity contribution is 0.0378. The predicted molar refractivity (Wildman–Crippen MR) is 69.4 cm³/mol. The van der Waals surface area contributed by atoms with E-state index in [1.165, 1.54) is 12.8 Å². The molecule has 0 spiro atoms. The first kappa shape index (κ1) is 12.1. The Bertz CT molecular complexity index is 359. The molecular weight excluding hydrogens is 266 g/mol. The Kier molecular flexibility index (Phi) is 3.67. The van der Waals surface area contributed by atoms with Crippen LogP contribution in [0.15, 0.2) is 28.7 Å². The van der Waals surface area contributed by atoms with Gasteiger partial charge >= 0.3 is 0 Å². The maximum atomic E-state index is 10.6. The molecule has 0 amide bonds. The lowest BCUT2D eigenvalue weighted by Crippen LogP contribution is -2.33. The molecule has 0 aliphatic carbocycles.